The molecule has 2 aliphatic rings. The van der Waals surface area contributed by atoms with E-state index in [1.54, 1.807) is 13.2 Å². The van der Waals surface area contributed by atoms with E-state index in [4.69, 9.17) is 4.74 Å². The van der Waals surface area contributed by atoms with Crippen molar-refractivity contribution in [1.29, 1.82) is 0 Å². The molecule has 2 heterocycles. The number of para-hydroxylation sites is 1. The van der Waals surface area contributed by atoms with Crippen LogP contribution in [-0.2, 0) is 23.8 Å². The highest BCUT2D eigenvalue weighted by Gasteiger charge is 2.40. The Balaban J connectivity index is 1.50. The van der Waals surface area contributed by atoms with Crippen LogP contribution in [-0.4, -0.2) is 32.1 Å². The summed E-state index contributed by atoms with van der Waals surface area (Å²) in [6.45, 7) is 1.23. The van der Waals surface area contributed by atoms with Crippen LogP contribution in [0.3, 0.4) is 0 Å². The Morgan fingerprint density at radius 2 is 2.00 bits per heavy atom. The van der Waals surface area contributed by atoms with Gasteiger partial charge in [0.2, 0.25) is 5.91 Å². The largest absolute Gasteiger partial charge is 0.496 e. The first-order chi connectivity index (χ1) is 14.9. The van der Waals surface area contributed by atoms with E-state index < -0.39 is 11.7 Å². The first-order valence-electron chi connectivity index (χ1n) is 10.7. The lowest BCUT2D eigenvalue weighted by atomic mass is 9.80. The molecule has 0 unspecified atom stereocenters. The molecule has 1 saturated heterocycles. The van der Waals surface area contributed by atoms with Crippen LogP contribution in [0.15, 0.2) is 42.5 Å². The number of piperidine rings is 1. The van der Waals surface area contributed by atoms with Crippen LogP contribution in [0, 0.1) is 5.92 Å². The molecule has 4 nitrogen and oxygen atoms in total. The molecule has 2 atom stereocenters. The fourth-order valence-corrected chi connectivity index (χ4v) is 4.88. The Hall–Kier alpha value is -2.70. The lowest BCUT2D eigenvalue weighted by molar-refractivity contribution is -0.137. The third-order valence-corrected chi connectivity index (χ3v) is 6.39. The Kier molecular flexibility index (Phi) is 6.12. The van der Waals surface area contributed by atoms with Gasteiger partial charge in [-0.3, -0.25) is 4.79 Å². The van der Waals surface area contributed by atoms with E-state index in [0.29, 0.717) is 24.9 Å². The molecule has 0 radical (unpaired) electrons. The summed E-state index contributed by atoms with van der Waals surface area (Å²) in [5.74, 6) is 0.338. The molecule has 2 aliphatic heterocycles. The molecule has 1 N–H and O–H groups in total. The Morgan fingerprint density at radius 3 is 2.77 bits per heavy atom. The Labute approximate surface area is 180 Å². The fraction of sp³-hybridized carbons (Fsp3) is 0.458. The molecule has 0 aromatic heterocycles. The van der Waals surface area contributed by atoms with Crippen LogP contribution in [0.4, 0.5) is 18.9 Å². The number of benzene rings is 2. The molecule has 0 bridgehead atoms. The van der Waals surface area contributed by atoms with Crippen LogP contribution in [0.25, 0.3) is 0 Å². The summed E-state index contributed by atoms with van der Waals surface area (Å²) in [5, 5.41) is 3.02. The third kappa shape index (κ3) is 4.50. The van der Waals surface area contributed by atoms with Gasteiger partial charge in [-0.1, -0.05) is 18.2 Å². The van der Waals surface area contributed by atoms with Crippen LogP contribution in [0.2, 0.25) is 0 Å². The van der Waals surface area contributed by atoms with Crippen LogP contribution in [0.5, 0.6) is 5.75 Å². The topological polar surface area (TPSA) is 41.6 Å². The number of halogens is 3. The molecule has 2 aromatic rings. The minimum absolute atomic E-state index is 0.0317. The van der Waals surface area contributed by atoms with E-state index >= 15 is 0 Å². The molecule has 0 spiro atoms. The number of hydrogen-bond acceptors (Lipinski definition) is 3. The molecular weight excluding hydrogens is 405 g/mol. The van der Waals surface area contributed by atoms with E-state index in [-0.39, 0.29) is 17.9 Å². The van der Waals surface area contributed by atoms with Gasteiger partial charge in [0.15, 0.2) is 0 Å². The maximum atomic E-state index is 13.2. The smallest absolute Gasteiger partial charge is 0.416 e. The van der Waals surface area contributed by atoms with E-state index in [2.05, 4.69) is 10.2 Å². The van der Waals surface area contributed by atoms with Crippen molar-refractivity contribution >= 4 is 11.6 Å². The lowest BCUT2D eigenvalue weighted by Crippen LogP contribution is -2.53. The van der Waals surface area contributed by atoms with Crippen molar-refractivity contribution in [3.8, 4) is 5.75 Å². The number of nitrogens with zero attached hydrogens (tertiary/aromatic N) is 1. The van der Waals surface area contributed by atoms with Gasteiger partial charge in [0.05, 0.1) is 18.6 Å². The summed E-state index contributed by atoms with van der Waals surface area (Å²) in [6, 6.07) is 11.6. The molecule has 1 fully saturated rings. The van der Waals surface area contributed by atoms with Crippen molar-refractivity contribution in [3.63, 3.8) is 0 Å². The molecule has 2 aromatic carbocycles. The Bertz CT molecular complexity index is 945. The summed E-state index contributed by atoms with van der Waals surface area (Å²) < 4.78 is 45.1. The van der Waals surface area contributed by atoms with Crippen LogP contribution >= 0.6 is 0 Å². The van der Waals surface area contributed by atoms with Crippen molar-refractivity contribution in [2.75, 3.05) is 25.1 Å². The number of rotatable bonds is 5. The summed E-state index contributed by atoms with van der Waals surface area (Å²) in [5.41, 5.74) is 1.80. The molecule has 31 heavy (non-hydrogen) atoms. The van der Waals surface area contributed by atoms with Gasteiger partial charge in [0.25, 0.3) is 0 Å². The average Bonchev–Trinajstić information content (AvgIpc) is 2.77. The predicted molar refractivity (Wildman–Crippen MR) is 113 cm³/mol. The minimum Gasteiger partial charge on any atom is -0.496 e. The second-order valence-corrected chi connectivity index (χ2v) is 8.26. The van der Waals surface area contributed by atoms with Crippen molar-refractivity contribution in [3.05, 3.63) is 59.2 Å². The van der Waals surface area contributed by atoms with Gasteiger partial charge in [-0.05, 0) is 67.5 Å². The van der Waals surface area contributed by atoms with E-state index in [1.165, 1.54) is 6.07 Å². The molecule has 4 rings (SSSR count). The quantitative estimate of drug-likeness (QED) is 0.751. The number of ether oxygens (including phenoxy) is 1. The maximum Gasteiger partial charge on any atom is 0.416 e. The van der Waals surface area contributed by atoms with E-state index in [1.807, 2.05) is 24.3 Å². The highest BCUT2D eigenvalue weighted by molar-refractivity contribution is 5.82. The number of nitrogens with one attached hydrogen (secondary N) is 1. The zero-order chi connectivity index (χ0) is 22.0. The first kappa shape index (κ1) is 21.5. The highest BCUT2D eigenvalue weighted by atomic mass is 19.4. The normalized spacial score (nSPS) is 20.6. The van der Waals surface area contributed by atoms with Gasteiger partial charge < -0.3 is 15.0 Å². The average molecular weight is 432 g/mol. The zero-order valence-corrected chi connectivity index (χ0v) is 17.5. The summed E-state index contributed by atoms with van der Waals surface area (Å²) in [6.07, 6.45) is -0.529. The van der Waals surface area contributed by atoms with Crippen LogP contribution < -0.4 is 15.0 Å². The number of hydrogen-bond donors (Lipinski definition) is 1. The monoisotopic (exact) mass is 432 g/mol. The number of amides is 1. The SMILES string of the molecule is COc1ccccc1CCNC(=O)[C@H]1Cc2cc(C(F)(F)F)ccc2N2CCCC[C@@H]12. The molecule has 0 aliphatic carbocycles. The molecule has 0 saturated carbocycles. The lowest BCUT2D eigenvalue weighted by Gasteiger charge is -2.46. The summed E-state index contributed by atoms with van der Waals surface area (Å²) >= 11 is 0. The standard InChI is InChI=1S/C24H27F3N2O2/c1-31-22-8-3-2-6-16(22)11-12-28-23(30)19-15-17-14-18(24(25,26)27)9-10-20(17)29-13-5-4-7-21(19)29/h2-3,6,8-10,14,19,21H,4-5,7,11-13,15H2,1H3,(H,28,30)/t19-,21-/m0/s1. The number of methoxy groups -OCH3 is 1. The van der Waals surface area contributed by atoms with Crippen molar-refractivity contribution < 1.29 is 22.7 Å². The van der Waals surface area contributed by atoms with E-state index in [0.717, 1.165) is 48.9 Å². The van der Waals surface area contributed by atoms with Crippen molar-refractivity contribution in [1.82, 2.24) is 5.32 Å². The number of fused-ring (bicyclic) bond motifs is 3. The molecule has 166 valence electrons. The molecule has 1 amide bonds. The second kappa shape index (κ2) is 8.81. The highest BCUT2D eigenvalue weighted by Crippen LogP contribution is 2.41. The van der Waals surface area contributed by atoms with Gasteiger partial charge in [0, 0.05) is 24.8 Å². The maximum absolute atomic E-state index is 13.2. The van der Waals surface area contributed by atoms with Crippen LogP contribution in [0.1, 0.15) is 36.0 Å². The van der Waals surface area contributed by atoms with Gasteiger partial charge in [-0.2, -0.15) is 13.2 Å². The minimum atomic E-state index is -4.39. The van der Waals surface area contributed by atoms with Crippen molar-refractivity contribution in [2.24, 2.45) is 5.92 Å². The first-order valence-corrected chi connectivity index (χ1v) is 10.7. The van der Waals surface area contributed by atoms with Gasteiger partial charge in [-0.15, -0.1) is 0 Å². The summed E-state index contributed by atoms with van der Waals surface area (Å²) in [7, 11) is 1.61. The second-order valence-electron chi connectivity index (χ2n) is 8.26. The van der Waals surface area contributed by atoms with Crippen molar-refractivity contribution in [2.45, 2.75) is 44.3 Å². The van der Waals surface area contributed by atoms with Gasteiger partial charge in [-0.25, -0.2) is 0 Å². The molecule has 7 heteroatoms. The third-order valence-electron chi connectivity index (χ3n) is 6.39. The number of carbonyl (C=O) groups excluding carboxylic acids is 1. The number of alkyl halides is 3. The van der Waals surface area contributed by atoms with Gasteiger partial charge in [0.1, 0.15) is 5.75 Å². The predicted octanol–water partition coefficient (Wildman–Crippen LogP) is 4.60. The summed E-state index contributed by atoms with van der Waals surface area (Å²) in [4.78, 5) is 15.2. The zero-order valence-electron chi connectivity index (χ0n) is 17.5. The number of anilines is 1. The Morgan fingerprint density at radius 1 is 1.19 bits per heavy atom. The van der Waals surface area contributed by atoms with E-state index in [9.17, 15) is 18.0 Å². The van der Waals surface area contributed by atoms with Gasteiger partial charge >= 0.3 is 6.18 Å². The number of carbonyl (C=O) groups is 1. The molecular formula is C24H27F3N2O2. The fourth-order valence-electron chi connectivity index (χ4n) is 4.88.